The number of nitrogens with zero attached hydrogens (tertiary/aromatic N) is 3. The molecule has 0 aliphatic heterocycles. The molecule has 1 aliphatic rings. The molecule has 1 aliphatic carbocycles. The van der Waals surface area contributed by atoms with E-state index < -0.39 is 0 Å². The molecule has 1 heterocycles. The van der Waals surface area contributed by atoms with Gasteiger partial charge < -0.3 is 9.64 Å². The Morgan fingerprint density at radius 2 is 1.83 bits per heavy atom. The minimum atomic E-state index is -0.327. The molecule has 1 aromatic heterocycles. The molecule has 2 amide bonds. The van der Waals surface area contributed by atoms with E-state index in [2.05, 4.69) is 10.3 Å². The fraction of sp³-hybridized carbons (Fsp3) is 0.179. The number of ether oxygens (including phenoxy) is 1. The summed E-state index contributed by atoms with van der Waals surface area (Å²) in [6.45, 7) is -0.0796. The average Bonchev–Trinajstić information content (AvgIpc) is 3.67. The van der Waals surface area contributed by atoms with Gasteiger partial charge in [0.15, 0.2) is 0 Å². The van der Waals surface area contributed by atoms with Gasteiger partial charge in [0.25, 0.3) is 5.91 Å². The van der Waals surface area contributed by atoms with Gasteiger partial charge in [0.05, 0.1) is 12.8 Å². The van der Waals surface area contributed by atoms with Crippen molar-refractivity contribution < 1.29 is 14.3 Å². The van der Waals surface area contributed by atoms with E-state index in [0.717, 1.165) is 24.1 Å². The lowest BCUT2D eigenvalue weighted by molar-refractivity contribution is -0.117. The van der Waals surface area contributed by atoms with Gasteiger partial charge in [-0.1, -0.05) is 54.1 Å². The number of amides is 2. The van der Waals surface area contributed by atoms with E-state index in [1.807, 2.05) is 48.7 Å². The highest BCUT2D eigenvalue weighted by Gasteiger charge is 2.34. The van der Waals surface area contributed by atoms with Crippen LogP contribution in [0, 0.1) is 0 Å². The number of imidazole rings is 1. The number of hydrogen-bond acceptors (Lipinski definition) is 4. The SMILES string of the molecule is COc1cccc(C(=O)N(CC(=O)Nc2nc(-c3ccccc3)cn2-c2cccc(Cl)c2)C2CC2)c1. The Bertz CT molecular complexity index is 1400. The summed E-state index contributed by atoms with van der Waals surface area (Å²) in [4.78, 5) is 32.8. The maximum atomic E-state index is 13.3. The van der Waals surface area contributed by atoms with Crippen molar-refractivity contribution >= 4 is 29.4 Å². The number of benzene rings is 3. The average molecular weight is 501 g/mol. The van der Waals surface area contributed by atoms with Crippen LogP contribution in [0.3, 0.4) is 0 Å². The molecule has 0 radical (unpaired) electrons. The van der Waals surface area contributed by atoms with E-state index in [0.29, 0.717) is 28.0 Å². The van der Waals surface area contributed by atoms with E-state index in [1.54, 1.807) is 53.0 Å². The van der Waals surface area contributed by atoms with Crippen LogP contribution in [-0.4, -0.2) is 46.0 Å². The van der Waals surface area contributed by atoms with E-state index in [-0.39, 0.29) is 24.4 Å². The maximum Gasteiger partial charge on any atom is 0.254 e. The third-order valence-corrected chi connectivity index (χ3v) is 6.23. The van der Waals surface area contributed by atoms with Crippen molar-refractivity contribution in [3.63, 3.8) is 0 Å². The van der Waals surface area contributed by atoms with Crippen molar-refractivity contribution in [3.8, 4) is 22.7 Å². The highest BCUT2D eigenvalue weighted by atomic mass is 35.5. The molecule has 7 nitrogen and oxygen atoms in total. The molecule has 0 bridgehead atoms. The summed E-state index contributed by atoms with van der Waals surface area (Å²) in [5.74, 6) is 0.421. The number of carbonyl (C=O) groups is 2. The Morgan fingerprint density at radius 3 is 2.56 bits per heavy atom. The van der Waals surface area contributed by atoms with Gasteiger partial charge in [0, 0.05) is 34.1 Å². The Balaban J connectivity index is 1.41. The summed E-state index contributed by atoms with van der Waals surface area (Å²) in [6.07, 6.45) is 3.60. The second-order valence-electron chi connectivity index (χ2n) is 8.61. The van der Waals surface area contributed by atoms with Gasteiger partial charge >= 0.3 is 0 Å². The third-order valence-electron chi connectivity index (χ3n) is 5.99. The number of nitrogens with one attached hydrogen (secondary N) is 1. The zero-order valence-corrected chi connectivity index (χ0v) is 20.5. The van der Waals surface area contributed by atoms with E-state index in [9.17, 15) is 9.59 Å². The molecular formula is C28H25ClN4O3. The number of rotatable bonds is 8. The monoisotopic (exact) mass is 500 g/mol. The first kappa shape index (κ1) is 23.6. The fourth-order valence-corrected chi connectivity index (χ4v) is 4.22. The molecule has 36 heavy (non-hydrogen) atoms. The molecule has 182 valence electrons. The second kappa shape index (κ2) is 10.3. The third kappa shape index (κ3) is 5.26. The minimum absolute atomic E-state index is 0.0435. The van der Waals surface area contributed by atoms with Crippen LogP contribution >= 0.6 is 11.6 Å². The molecule has 0 spiro atoms. The molecule has 4 aromatic rings. The molecule has 8 heteroatoms. The number of halogens is 1. The summed E-state index contributed by atoms with van der Waals surface area (Å²) in [5, 5.41) is 3.48. The summed E-state index contributed by atoms with van der Waals surface area (Å²) >= 11 is 6.23. The van der Waals surface area contributed by atoms with Gasteiger partial charge in [0.2, 0.25) is 11.9 Å². The Kier molecular flexibility index (Phi) is 6.73. The van der Waals surface area contributed by atoms with Gasteiger partial charge in [0.1, 0.15) is 12.3 Å². The zero-order chi connectivity index (χ0) is 25.1. The number of aromatic nitrogens is 2. The molecule has 1 saturated carbocycles. The van der Waals surface area contributed by atoms with E-state index in [1.165, 1.54) is 0 Å². The normalized spacial score (nSPS) is 12.7. The van der Waals surface area contributed by atoms with Gasteiger partial charge in [-0.2, -0.15) is 0 Å². The van der Waals surface area contributed by atoms with Crippen LogP contribution in [-0.2, 0) is 4.79 Å². The lowest BCUT2D eigenvalue weighted by atomic mass is 10.2. The standard InChI is InChI=1S/C28H25ClN4O3/c1-36-24-12-5-9-20(15-24)27(35)32(22-13-14-22)18-26(34)31-28-30-25(19-7-3-2-4-8-19)17-33(28)23-11-6-10-21(29)16-23/h2-12,15-17,22H,13-14,18H2,1H3,(H,30,31,34). The largest absolute Gasteiger partial charge is 0.497 e. The van der Waals surface area contributed by atoms with E-state index >= 15 is 0 Å². The molecule has 1 N–H and O–H groups in total. The first-order valence-electron chi connectivity index (χ1n) is 11.7. The first-order chi connectivity index (χ1) is 17.5. The Morgan fingerprint density at radius 1 is 1.06 bits per heavy atom. The molecule has 1 fully saturated rings. The molecule has 0 saturated heterocycles. The minimum Gasteiger partial charge on any atom is -0.497 e. The van der Waals surface area contributed by atoms with Crippen LogP contribution in [0.2, 0.25) is 5.02 Å². The van der Waals surface area contributed by atoms with E-state index in [4.69, 9.17) is 16.3 Å². The first-order valence-corrected chi connectivity index (χ1v) is 12.1. The predicted octanol–water partition coefficient (Wildman–Crippen LogP) is 5.44. The highest BCUT2D eigenvalue weighted by molar-refractivity contribution is 6.30. The number of anilines is 1. The number of carbonyl (C=O) groups excluding carboxylic acids is 2. The lowest BCUT2D eigenvalue weighted by Gasteiger charge is -2.22. The fourth-order valence-electron chi connectivity index (χ4n) is 4.03. The summed E-state index contributed by atoms with van der Waals surface area (Å²) in [5.41, 5.74) is 2.87. The predicted molar refractivity (Wildman–Crippen MR) is 140 cm³/mol. The van der Waals surface area contributed by atoms with Crippen LogP contribution in [0.5, 0.6) is 5.75 Å². The lowest BCUT2D eigenvalue weighted by Crippen LogP contribution is -2.39. The van der Waals surface area contributed by atoms with Crippen LogP contribution in [0.25, 0.3) is 16.9 Å². The number of hydrogen-bond donors (Lipinski definition) is 1. The zero-order valence-electron chi connectivity index (χ0n) is 19.7. The molecular weight excluding hydrogens is 476 g/mol. The van der Waals surface area contributed by atoms with Crippen LogP contribution in [0.15, 0.2) is 85.1 Å². The van der Waals surface area contributed by atoms with Crippen molar-refractivity contribution in [2.24, 2.45) is 0 Å². The molecule has 5 rings (SSSR count). The summed E-state index contributed by atoms with van der Waals surface area (Å²) < 4.78 is 7.04. The van der Waals surface area contributed by atoms with Crippen molar-refractivity contribution in [1.82, 2.24) is 14.5 Å². The van der Waals surface area contributed by atoms with Crippen molar-refractivity contribution in [2.75, 3.05) is 19.0 Å². The maximum absolute atomic E-state index is 13.3. The highest BCUT2D eigenvalue weighted by Crippen LogP contribution is 2.29. The van der Waals surface area contributed by atoms with Gasteiger partial charge in [-0.05, 0) is 49.2 Å². The topological polar surface area (TPSA) is 76.5 Å². The summed E-state index contributed by atoms with van der Waals surface area (Å²) in [6, 6.07) is 24.1. The molecule has 0 unspecified atom stereocenters. The van der Waals surface area contributed by atoms with Gasteiger partial charge in [-0.15, -0.1) is 0 Å². The molecule has 0 atom stereocenters. The molecule has 3 aromatic carbocycles. The van der Waals surface area contributed by atoms with Crippen LogP contribution in [0.4, 0.5) is 5.95 Å². The van der Waals surface area contributed by atoms with Crippen LogP contribution in [0.1, 0.15) is 23.2 Å². The summed E-state index contributed by atoms with van der Waals surface area (Å²) in [7, 11) is 1.56. The van der Waals surface area contributed by atoms with Gasteiger partial charge in [-0.3, -0.25) is 19.5 Å². The van der Waals surface area contributed by atoms with Gasteiger partial charge in [-0.25, -0.2) is 4.98 Å². The Hall–Kier alpha value is -4.10. The van der Waals surface area contributed by atoms with Crippen molar-refractivity contribution in [3.05, 3.63) is 95.6 Å². The van der Waals surface area contributed by atoms with Crippen molar-refractivity contribution in [2.45, 2.75) is 18.9 Å². The van der Waals surface area contributed by atoms with Crippen molar-refractivity contribution in [1.29, 1.82) is 0 Å². The number of methoxy groups -OCH3 is 1. The second-order valence-corrected chi connectivity index (χ2v) is 9.05. The van der Waals surface area contributed by atoms with Crippen LogP contribution < -0.4 is 10.1 Å². The quantitative estimate of drug-likeness (QED) is 0.349. The smallest absolute Gasteiger partial charge is 0.254 e. The Labute approximate surface area is 214 Å².